The molecule has 12 heteroatoms. The minimum atomic E-state index is -3.78. The summed E-state index contributed by atoms with van der Waals surface area (Å²) < 4.78 is 52.2. The Morgan fingerprint density at radius 2 is 1.90 bits per heavy atom. The molecule has 3 aromatic carbocycles. The number of aromatic nitrogens is 3. The van der Waals surface area contributed by atoms with Gasteiger partial charge in [0.25, 0.3) is 0 Å². The molecule has 0 aliphatic carbocycles. The third-order valence-corrected chi connectivity index (χ3v) is 8.29. The maximum absolute atomic E-state index is 13.1. The maximum Gasteiger partial charge on any atom is 0.240 e. The summed E-state index contributed by atoms with van der Waals surface area (Å²) in [5.41, 5.74) is 4.73. The molecule has 0 unspecified atom stereocenters. The molecule has 198 valence electrons. The van der Waals surface area contributed by atoms with Crippen molar-refractivity contribution in [2.75, 3.05) is 20.3 Å². The fourth-order valence-electron chi connectivity index (χ4n) is 4.00. The zero-order valence-electron chi connectivity index (χ0n) is 20.9. The zero-order chi connectivity index (χ0) is 27.6. The van der Waals surface area contributed by atoms with Crippen LogP contribution in [0.2, 0.25) is 0 Å². The molecule has 0 bridgehead atoms. The molecule has 0 aliphatic heterocycles. The Morgan fingerprint density at radius 3 is 2.64 bits per heavy atom. The lowest BCUT2D eigenvalue weighted by Gasteiger charge is -2.09. The van der Waals surface area contributed by atoms with Crippen LogP contribution in [0.15, 0.2) is 59.6 Å². The molecule has 0 spiro atoms. The first kappa shape index (κ1) is 26.6. The van der Waals surface area contributed by atoms with Gasteiger partial charge in [0.15, 0.2) is 5.69 Å². The van der Waals surface area contributed by atoms with Crippen LogP contribution in [0.25, 0.3) is 36.7 Å². The van der Waals surface area contributed by atoms with Gasteiger partial charge in [-0.05, 0) is 61.0 Å². The van der Waals surface area contributed by atoms with Crippen molar-refractivity contribution in [1.29, 1.82) is 0 Å². The van der Waals surface area contributed by atoms with Gasteiger partial charge >= 0.3 is 0 Å². The van der Waals surface area contributed by atoms with Crippen molar-refractivity contribution in [2.45, 2.75) is 18.4 Å². The molecule has 0 saturated heterocycles. The van der Waals surface area contributed by atoms with Crippen LogP contribution in [0, 0.1) is 19.3 Å². The van der Waals surface area contributed by atoms with E-state index in [1.54, 1.807) is 25.4 Å². The number of nitrogens with one attached hydrogen (secondary N) is 1. The van der Waals surface area contributed by atoms with Crippen LogP contribution >= 0.6 is 11.3 Å². The third kappa shape index (κ3) is 5.71. The largest absolute Gasteiger partial charge is 0.492 e. The lowest BCUT2D eigenvalue weighted by Crippen LogP contribution is -2.28. The van der Waals surface area contributed by atoms with Crippen LogP contribution in [0.3, 0.4) is 0 Å². The van der Waals surface area contributed by atoms with Crippen LogP contribution in [0.5, 0.6) is 5.75 Å². The highest BCUT2D eigenvalue weighted by molar-refractivity contribution is 7.89. The Bertz CT molecular complexity index is 1830. The Balaban J connectivity index is 1.37. The molecule has 0 radical (unpaired) electrons. The Morgan fingerprint density at radius 1 is 1.10 bits per heavy atom. The maximum atomic E-state index is 13.1. The molecule has 0 aliphatic rings. The number of thiazole rings is 1. The lowest BCUT2D eigenvalue weighted by atomic mass is 10.1. The molecule has 2 heterocycles. The normalized spacial score (nSPS) is 11.6. The highest BCUT2D eigenvalue weighted by Gasteiger charge is 2.17. The first-order chi connectivity index (χ1) is 18.8. The second-order valence-electron chi connectivity index (χ2n) is 8.57. The molecule has 39 heavy (non-hydrogen) atoms. The second-order valence-corrected chi connectivity index (χ2v) is 11.4. The fourth-order valence-corrected chi connectivity index (χ4v) is 6.10. The number of aryl methyl sites for hydroxylation is 1. The summed E-state index contributed by atoms with van der Waals surface area (Å²) in [7, 11) is -2.19. The van der Waals surface area contributed by atoms with Gasteiger partial charge in [-0.1, -0.05) is 0 Å². The Kier molecular flexibility index (Phi) is 7.49. The van der Waals surface area contributed by atoms with Crippen LogP contribution in [0.4, 0.5) is 10.1 Å². The van der Waals surface area contributed by atoms with E-state index < -0.39 is 15.8 Å². The predicted octanol–water partition coefficient (Wildman–Crippen LogP) is 5.41. The van der Waals surface area contributed by atoms with Crippen molar-refractivity contribution >= 4 is 48.3 Å². The molecule has 5 aromatic rings. The van der Waals surface area contributed by atoms with Gasteiger partial charge in [0.2, 0.25) is 10.0 Å². The van der Waals surface area contributed by atoms with E-state index in [1.807, 2.05) is 19.1 Å². The zero-order valence-corrected chi connectivity index (χ0v) is 22.6. The standard InChI is InChI=1S/C27H22FN5O4S2/c1-16-10-20(37-9-8-31-39(34,35)21-6-4-17(28)5-7-21)13-24-25(16)33-27(38-24)22-11-18(29-2)12-23-26(22)30-14-19(32-23)15-36-3/h4-7,10-14,31H,8-9,15H2,1,3H3. The average Bonchev–Trinajstić information content (AvgIpc) is 3.35. The van der Waals surface area contributed by atoms with E-state index in [1.165, 1.54) is 23.5 Å². The summed E-state index contributed by atoms with van der Waals surface area (Å²) >= 11 is 1.44. The molecular formula is C27H22FN5O4S2. The number of hydrogen-bond donors (Lipinski definition) is 1. The van der Waals surface area contributed by atoms with Gasteiger partial charge in [-0.25, -0.2) is 32.3 Å². The number of benzene rings is 3. The Labute approximate surface area is 228 Å². The van der Waals surface area contributed by atoms with E-state index in [0.29, 0.717) is 45.3 Å². The molecule has 0 fully saturated rings. The number of nitrogens with zero attached hydrogens (tertiary/aromatic N) is 4. The quantitative estimate of drug-likeness (QED) is 0.189. The van der Waals surface area contributed by atoms with Crippen LogP contribution in [-0.2, 0) is 21.4 Å². The molecular weight excluding hydrogens is 541 g/mol. The van der Waals surface area contributed by atoms with Crippen molar-refractivity contribution in [3.63, 3.8) is 0 Å². The average molecular weight is 564 g/mol. The number of hydrogen-bond acceptors (Lipinski definition) is 8. The summed E-state index contributed by atoms with van der Waals surface area (Å²) in [4.78, 5) is 17.6. The predicted molar refractivity (Wildman–Crippen MR) is 147 cm³/mol. The third-order valence-electron chi connectivity index (χ3n) is 5.78. The first-order valence-electron chi connectivity index (χ1n) is 11.7. The molecule has 0 atom stereocenters. The van der Waals surface area contributed by atoms with Crippen LogP contribution < -0.4 is 9.46 Å². The van der Waals surface area contributed by atoms with Crippen LogP contribution in [-0.4, -0.2) is 43.6 Å². The van der Waals surface area contributed by atoms with Gasteiger partial charge in [-0.3, -0.25) is 4.98 Å². The number of halogens is 1. The number of methoxy groups -OCH3 is 1. The van der Waals surface area contributed by atoms with E-state index in [9.17, 15) is 12.8 Å². The minimum Gasteiger partial charge on any atom is -0.492 e. The minimum absolute atomic E-state index is 0.0206. The highest BCUT2D eigenvalue weighted by Crippen LogP contribution is 2.38. The molecule has 2 aromatic heterocycles. The van der Waals surface area contributed by atoms with E-state index in [-0.39, 0.29) is 18.0 Å². The van der Waals surface area contributed by atoms with Gasteiger partial charge in [0, 0.05) is 19.2 Å². The van der Waals surface area contributed by atoms with Gasteiger partial charge < -0.3 is 9.47 Å². The summed E-state index contributed by atoms with van der Waals surface area (Å²) in [6.07, 6.45) is 1.65. The van der Waals surface area contributed by atoms with Crippen LogP contribution in [0.1, 0.15) is 11.3 Å². The molecule has 1 N–H and O–H groups in total. The highest BCUT2D eigenvalue weighted by atomic mass is 32.2. The number of ether oxygens (including phenoxy) is 2. The van der Waals surface area contributed by atoms with Crippen molar-refractivity contribution in [3.8, 4) is 16.3 Å². The lowest BCUT2D eigenvalue weighted by molar-refractivity contribution is 0.181. The van der Waals surface area contributed by atoms with E-state index in [0.717, 1.165) is 27.9 Å². The Hall–Kier alpha value is -4.02. The topological polar surface area (TPSA) is 108 Å². The fraction of sp³-hybridized carbons (Fsp3) is 0.185. The summed E-state index contributed by atoms with van der Waals surface area (Å²) in [6, 6.07) is 11.8. The van der Waals surface area contributed by atoms with E-state index >= 15 is 0 Å². The van der Waals surface area contributed by atoms with Crippen molar-refractivity contribution < 1.29 is 22.3 Å². The molecule has 0 saturated carbocycles. The monoisotopic (exact) mass is 563 g/mol. The SMILES string of the molecule is [C-]#[N+]c1cc(-c2nc3c(C)cc(OCCNS(=O)(=O)c4ccc(F)cc4)cc3s2)c2ncc(COC)nc2c1. The van der Waals surface area contributed by atoms with Gasteiger partial charge in [-0.2, -0.15) is 0 Å². The smallest absolute Gasteiger partial charge is 0.240 e. The first-order valence-corrected chi connectivity index (χ1v) is 14.0. The number of fused-ring (bicyclic) bond motifs is 2. The summed E-state index contributed by atoms with van der Waals surface area (Å²) in [6.45, 7) is 9.88. The molecule has 0 amide bonds. The van der Waals surface area contributed by atoms with E-state index in [4.69, 9.17) is 21.0 Å². The van der Waals surface area contributed by atoms with Gasteiger partial charge in [-0.15, -0.1) is 11.3 Å². The second kappa shape index (κ2) is 11.0. The summed E-state index contributed by atoms with van der Waals surface area (Å²) in [5.74, 6) is 0.0608. The number of rotatable bonds is 9. The van der Waals surface area contributed by atoms with Crippen molar-refractivity contribution in [1.82, 2.24) is 19.7 Å². The van der Waals surface area contributed by atoms with Crippen molar-refractivity contribution in [3.05, 3.63) is 83.2 Å². The molecule has 5 rings (SSSR count). The van der Waals surface area contributed by atoms with Gasteiger partial charge in [0.05, 0.1) is 51.2 Å². The molecule has 9 nitrogen and oxygen atoms in total. The van der Waals surface area contributed by atoms with Crippen molar-refractivity contribution in [2.24, 2.45) is 0 Å². The van der Waals surface area contributed by atoms with Gasteiger partial charge in [0.1, 0.15) is 23.2 Å². The summed E-state index contributed by atoms with van der Waals surface area (Å²) in [5, 5.41) is 0.696. The number of sulfonamides is 1. The van der Waals surface area contributed by atoms with E-state index in [2.05, 4.69) is 19.5 Å².